The third kappa shape index (κ3) is 1.29. The summed E-state index contributed by atoms with van der Waals surface area (Å²) in [5.41, 5.74) is 0. The maximum absolute atomic E-state index is 4.37. The molecular weight excluding hydrogens is 148 g/mol. The highest BCUT2D eigenvalue weighted by atomic mass is 15.0. The van der Waals surface area contributed by atoms with Crippen molar-refractivity contribution in [2.45, 2.75) is 25.2 Å². The van der Waals surface area contributed by atoms with Gasteiger partial charge in [-0.15, -0.1) is 0 Å². The van der Waals surface area contributed by atoms with Crippen LogP contribution in [0.3, 0.4) is 0 Å². The van der Waals surface area contributed by atoms with Gasteiger partial charge in [-0.3, -0.25) is 0 Å². The first-order valence-corrected chi connectivity index (χ1v) is 4.50. The van der Waals surface area contributed by atoms with Gasteiger partial charge in [-0.25, -0.2) is 4.98 Å². The van der Waals surface area contributed by atoms with Crippen LogP contribution in [0.2, 0.25) is 0 Å². The molecule has 12 heavy (non-hydrogen) atoms. The summed E-state index contributed by atoms with van der Waals surface area (Å²) in [7, 11) is 2.07. The van der Waals surface area contributed by atoms with Crippen molar-refractivity contribution in [3.8, 4) is 0 Å². The number of nitrogens with zero attached hydrogens (tertiary/aromatic N) is 2. The minimum Gasteiger partial charge on any atom is -0.338 e. The van der Waals surface area contributed by atoms with Gasteiger partial charge < -0.3 is 4.57 Å². The standard InChI is InChI=1S/C10H14N2/c1-12-8-7-11-10(12)9-5-3-2-4-6-9/h2-3,7-9H,4-6H2,1H3. The van der Waals surface area contributed by atoms with E-state index >= 15 is 0 Å². The van der Waals surface area contributed by atoms with E-state index in [-0.39, 0.29) is 0 Å². The molecule has 2 nitrogen and oxygen atoms in total. The molecule has 1 atom stereocenters. The molecule has 0 N–H and O–H groups in total. The van der Waals surface area contributed by atoms with Crippen molar-refractivity contribution >= 4 is 0 Å². The third-order valence-electron chi connectivity index (χ3n) is 2.49. The SMILES string of the molecule is Cn1ccnc1C1CC=CCC1. The highest BCUT2D eigenvalue weighted by molar-refractivity contribution is 5.06. The number of aromatic nitrogens is 2. The Bertz CT molecular complexity index is 286. The second kappa shape index (κ2) is 3.13. The molecule has 1 aromatic heterocycles. The summed E-state index contributed by atoms with van der Waals surface area (Å²) in [6.45, 7) is 0. The molecule has 2 rings (SSSR count). The molecule has 0 fully saturated rings. The Morgan fingerprint density at radius 2 is 2.42 bits per heavy atom. The van der Waals surface area contributed by atoms with Crippen molar-refractivity contribution in [1.82, 2.24) is 9.55 Å². The summed E-state index contributed by atoms with van der Waals surface area (Å²) in [6.07, 6.45) is 12.0. The second-order valence-corrected chi connectivity index (χ2v) is 3.38. The topological polar surface area (TPSA) is 17.8 Å². The molecule has 0 spiro atoms. The van der Waals surface area contributed by atoms with Crippen molar-refractivity contribution in [2.75, 3.05) is 0 Å². The minimum absolute atomic E-state index is 0.648. The van der Waals surface area contributed by atoms with Gasteiger partial charge in [0, 0.05) is 25.4 Å². The highest BCUT2D eigenvalue weighted by Gasteiger charge is 2.15. The van der Waals surface area contributed by atoms with Gasteiger partial charge in [-0.2, -0.15) is 0 Å². The maximum atomic E-state index is 4.37. The summed E-state index contributed by atoms with van der Waals surface area (Å²) in [5.74, 6) is 1.88. The first-order chi connectivity index (χ1) is 5.88. The first-order valence-electron chi connectivity index (χ1n) is 4.50. The van der Waals surface area contributed by atoms with Gasteiger partial charge in [0.2, 0.25) is 0 Å². The van der Waals surface area contributed by atoms with E-state index in [2.05, 4.69) is 28.8 Å². The molecule has 64 valence electrons. The van der Waals surface area contributed by atoms with Gasteiger partial charge in [0.05, 0.1) is 0 Å². The number of hydrogen-bond donors (Lipinski definition) is 0. The Labute approximate surface area is 72.9 Å². The van der Waals surface area contributed by atoms with E-state index < -0.39 is 0 Å². The third-order valence-corrected chi connectivity index (χ3v) is 2.49. The fourth-order valence-corrected chi connectivity index (χ4v) is 1.80. The van der Waals surface area contributed by atoms with Crippen LogP contribution in [0.15, 0.2) is 24.5 Å². The summed E-state index contributed by atoms with van der Waals surface area (Å²) < 4.78 is 2.13. The van der Waals surface area contributed by atoms with E-state index in [1.165, 1.54) is 18.7 Å². The number of hydrogen-bond acceptors (Lipinski definition) is 1. The van der Waals surface area contributed by atoms with Crippen molar-refractivity contribution in [3.05, 3.63) is 30.4 Å². The van der Waals surface area contributed by atoms with Crippen molar-refractivity contribution in [1.29, 1.82) is 0 Å². The van der Waals surface area contributed by atoms with E-state index in [1.807, 2.05) is 12.4 Å². The van der Waals surface area contributed by atoms with Crippen LogP contribution in [0.25, 0.3) is 0 Å². The smallest absolute Gasteiger partial charge is 0.111 e. The van der Waals surface area contributed by atoms with E-state index in [1.54, 1.807) is 0 Å². The molecule has 2 heteroatoms. The molecule has 1 unspecified atom stereocenters. The zero-order chi connectivity index (χ0) is 8.39. The highest BCUT2D eigenvalue weighted by Crippen LogP contribution is 2.27. The van der Waals surface area contributed by atoms with Crippen LogP contribution in [0, 0.1) is 0 Å². The van der Waals surface area contributed by atoms with Gasteiger partial charge in [-0.1, -0.05) is 12.2 Å². The zero-order valence-electron chi connectivity index (χ0n) is 7.40. The van der Waals surface area contributed by atoms with Crippen LogP contribution in [0.5, 0.6) is 0 Å². The number of allylic oxidation sites excluding steroid dienone is 2. The largest absolute Gasteiger partial charge is 0.338 e. The van der Waals surface area contributed by atoms with Crippen molar-refractivity contribution in [2.24, 2.45) is 7.05 Å². The fourth-order valence-electron chi connectivity index (χ4n) is 1.80. The van der Waals surface area contributed by atoms with Gasteiger partial charge in [0.1, 0.15) is 5.82 Å². The van der Waals surface area contributed by atoms with Crippen molar-refractivity contribution < 1.29 is 0 Å². The zero-order valence-corrected chi connectivity index (χ0v) is 7.40. The Morgan fingerprint density at radius 3 is 3.00 bits per heavy atom. The Hall–Kier alpha value is -1.05. The van der Waals surface area contributed by atoms with Gasteiger partial charge in [0.25, 0.3) is 0 Å². The van der Waals surface area contributed by atoms with Crippen LogP contribution in [0.1, 0.15) is 31.0 Å². The minimum atomic E-state index is 0.648. The average Bonchev–Trinajstić information content (AvgIpc) is 2.53. The molecule has 0 aliphatic heterocycles. The lowest BCUT2D eigenvalue weighted by molar-refractivity contribution is 0.562. The molecule has 1 aliphatic rings. The Balaban J connectivity index is 2.19. The first kappa shape index (κ1) is 7.59. The van der Waals surface area contributed by atoms with E-state index in [0.717, 1.165) is 6.42 Å². The number of imidazole rings is 1. The summed E-state index contributed by atoms with van der Waals surface area (Å²) in [6, 6.07) is 0. The lowest BCUT2D eigenvalue weighted by Crippen LogP contribution is -2.07. The van der Waals surface area contributed by atoms with E-state index in [9.17, 15) is 0 Å². The summed E-state index contributed by atoms with van der Waals surface area (Å²) >= 11 is 0. The van der Waals surface area contributed by atoms with E-state index in [0.29, 0.717) is 5.92 Å². The molecule has 0 saturated heterocycles. The molecule has 0 radical (unpaired) electrons. The molecule has 1 aromatic rings. The normalized spacial score (nSPS) is 22.9. The lowest BCUT2D eigenvalue weighted by atomic mass is 9.94. The second-order valence-electron chi connectivity index (χ2n) is 3.38. The van der Waals surface area contributed by atoms with Gasteiger partial charge in [-0.05, 0) is 19.3 Å². The molecule has 1 heterocycles. The molecule has 0 saturated carbocycles. The van der Waals surface area contributed by atoms with Crippen LogP contribution in [-0.4, -0.2) is 9.55 Å². The predicted octanol–water partition coefficient (Wildman–Crippen LogP) is 2.24. The van der Waals surface area contributed by atoms with Crippen LogP contribution in [-0.2, 0) is 7.05 Å². The van der Waals surface area contributed by atoms with Gasteiger partial charge in [0.15, 0.2) is 0 Å². The lowest BCUT2D eigenvalue weighted by Gasteiger charge is -2.16. The monoisotopic (exact) mass is 162 g/mol. The molecule has 0 bridgehead atoms. The number of rotatable bonds is 1. The summed E-state index contributed by atoms with van der Waals surface area (Å²) in [4.78, 5) is 4.37. The van der Waals surface area contributed by atoms with Crippen LogP contribution >= 0.6 is 0 Å². The van der Waals surface area contributed by atoms with Gasteiger partial charge >= 0.3 is 0 Å². The molecule has 1 aliphatic carbocycles. The van der Waals surface area contributed by atoms with Crippen molar-refractivity contribution in [3.63, 3.8) is 0 Å². The maximum Gasteiger partial charge on any atom is 0.111 e. The predicted molar refractivity (Wildman–Crippen MR) is 48.9 cm³/mol. The quantitative estimate of drug-likeness (QED) is 0.579. The van der Waals surface area contributed by atoms with E-state index in [4.69, 9.17) is 0 Å². The average molecular weight is 162 g/mol. The molecule has 0 aromatic carbocycles. The van der Waals surface area contributed by atoms with Crippen LogP contribution < -0.4 is 0 Å². The fraction of sp³-hybridized carbons (Fsp3) is 0.500. The Morgan fingerprint density at radius 1 is 1.50 bits per heavy atom. The Kier molecular flexibility index (Phi) is 1.98. The molecule has 0 amide bonds. The summed E-state index contributed by atoms with van der Waals surface area (Å²) in [5, 5.41) is 0. The molecular formula is C10H14N2. The van der Waals surface area contributed by atoms with Crippen LogP contribution in [0.4, 0.5) is 0 Å². The number of aryl methyl sites for hydroxylation is 1.